The van der Waals surface area contributed by atoms with Gasteiger partial charge in [-0.1, -0.05) is 0 Å². The molecule has 2 aromatic rings. The van der Waals surface area contributed by atoms with E-state index in [0.717, 1.165) is 6.07 Å². The van der Waals surface area contributed by atoms with Gasteiger partial charge in [0, 0.05) is 38.0 Å². The summed E-state index contributed by atoms with van der Waals surface area (Å²) in [6, 6.07) is 6.13. The van der Waals surface area contributed by atoms with E-state index in [-0.39, 0.29) is 17.2 Å². The second-order valence-electron chi connectivity index (χ2n) is 5.17. The molecule has 1 heterocycles. The zero-order chi connectivity index (χ0) is 17.9. The molecular weight excluding hydrogens is 315 g/mol. The molecule has 24 heavy (non-hydrogen) atoms. The van der Waals surface area contributed by atoms with Crippen molar-refractivity contribution in [3.63, 3.8) is 0 Å². The summed E-state index contributed by atoms with van der Waals surface area (Å²) >= 11 is 0. The largest absolute Gasteiger partial charge is 0.497 e. The molecule has 3 N–H and O–H groups in total. The lowest BCUT2D eigenvalue weighted by molar-refractivity contribution is 0.100. The summed E-state index contributed by atoms with van der Waals surface area (Å²) in [5, 5.41) is 2.96. The number of halogens is 1. The maximum absolute atomic E-state index is 14.0. The van der Waals surface area contributed by atoms with Crippen LogP contribution < -0.4 is 25.4 Å². The summed E-state index contributed by atoms with van der Waals surface area (Å²) in [5.41, 5.74) is 5.82. The van der Waals surface area contributed by atoms with E-state index in [2.05, 4.69) is 10.3 Å². The van der Waals surface area contributed by atoms with Crippen molar-refractivity contribution in [2.45, 2.75) is 0 Å². The molecule has 1 aromatic heterocycles. The van der Waals surface area contributed by atoms with E-state index in [0.29, 0.717) is 17.2 Å². The first-order valence-electron chi connectivity index (χ1n) is 7.03. The molecule has 0 aliphatic carbocycles. The quantitative estimate of drug-likeness (QED) is 0.841. The van der Waals surface area contributed by atoms with Crippen LogP contribution in [0.4, 0.5) is 21.7 Å². The van der Waals surface area contributed by atoms with Crippen molar-refractivity contribution in [2.75, 3.05) is 38.5 Å². The van der Waals surface area contributed by atoms with E-state index in [9.17, 15) is 9.18 Å². The number of pyridine rings is 1. The molecule has 0 saturated heterocycles. The zero-order valence-electron chi connectivity index (χ0n) is 13.9. The number of nitrogens with zero attached hydrogens (tertiary/aromatic N) is 2. The Balaban J connectivity index is 2.51. The Hall–Kier alpha value is -3.03. The van der Waals surface area contributed by atoms with Crippen molar-refractivity contribution >= 4 is 23.2 Å². The molecular formula is C16H19FN4O3. The Morgan fingerprint density at radius 1 is 1.17 bits per heavy atom. The summed E-state index contributed by atoms with van der Waals surface area (Å²) in [4.78, 5) is 17.3. The number of benzene rings is 1. The Morgan fingerprint density at radius 2 is 1.75 bits per heavy atom. The van der Waals surface area contributed by atoms with Crippen molar-refractivity contribution in [1.29, 1.82) is 0 Å². The predicted molar refractivity (Wildman–Crippen MR) is 89.9 cm³/mol. The number of nitrogens with two attached hydrogens (primary N) is 1. The highest BCUT2D eigenvalue weighted by Crippen LogP contribution is 2.30. The monoisotopic (exact) mass is 334 g/mol. The van der Waals surface area contributed by atoms with Gasteiger partial charge in [0.2, 0.25) is 0 Å². The predicted octanol–water partition coefficient (Wildman–Crippen LogP) is 2.15. The van der Waals surface area contributed by atoms with Crippen molar-refractivity contribution in [1.82, 2.24) is 4.98 Å². The van der Waals surface area contributed by atoms with Crippen LogP contribution in [0.25, 0.3) is 0 Å². The molecule has 1 aromatic carbocycles. The van der Waals surface area contributed by atoms with E-state index in [4.69, 9.17) is 15.2 Å². The second kappa shape index (κ2) is 7.03. The number of hydrogen-bond acceptors (Lipinski definition) is 6. The fraction of sp³-hybridized carbons (Fsp3) is 0.250. The van der Waals surface area contributed by atoms with Crippen LogP contribution in [0.5, 0.6) is 11.5 Å². The number of primary amides is 1. The molecule has 0 atom stereocenters. The van der Waals surface area contributed by atoms with Crippen LogP contribution in [-0.4, -0.2) is 39.2 Å². The molecule has 1 amide bonds. The van der Waals surface area contributed by atoms with Gasteiger partial charge in [-0.2, -0.15) is 0 Å². The van der Waals surface area contributed by atoms with E-state index in [1.54, 1.807) is 32.3 Å². The third kappa shape index (κ3) is 3.65. The molecule has 0 fully saturated rings. The smallest absolute Gasteiger partial charge is 0.252 e. The first kappa shape index (κ1) is 17.3. The van der Waals surface area contributed by atoms with Crippen molar-refractivity contribution < 1.29 is 18.7 Å². The fourth-order valence-corrected chi connectivity index (χ4v) is 2.09. The molecule has 0 radical (unpaired) electrons. The number of methoxy groups -OCH3 is 2. The van der Waals surface area contributed by atoms with Crippen LogP contribution in [0.2, 0.25) is 0 Å². The highest BCUT2D eigenvalue weighted by Gasteiger charge is 2.17. The molecule has 7 nitrogen and oxygen atoms in total. The molecule has 0 spiro atoms. The first-order chi connectivity index (χ1) is 11.3. The number of aromatic nitrogens is 1. The maximum atomic E-state index is 14.0. The fourth-order valence-electron chi connectivity index (χ4n) is 2.09. The third-order valence-electron chi connectivity index (χ3n) is 3.26. The van der Waals surface area contributed by atoms with Crippen LogP contribution >= 0.6 is 0 Å². The van der Waals surface area contributed by atoms with Gasteiger partial charge in [0.05, 0.1) is 19.8 Å². The minimum absolute atomic E-state index is 0.0557. The Morgan fingerprint density at radius 3 is 2.21 bits per heavy atom. The average molecular weight is 334 g/mol. The topological polar surface area (TPSA) is 89.7 Å². The number of carbonyl (C=O) groups excluding carboxylic acids is 1. The summed E-state index contributed by atoms with van der Waals surface area (Å²) in [6.45, 7) is 0. The molecule has 0 bridgehead atoms. The summed E-state index contributed by atoms with van der Waals surface area (Å²) in [7, 11) is 6.34. The van der Waals surface area contributed by atoms with Gasteiger partial charge in [0.15, 0.2) is 11.6 Å². The number of nitrogens with one attached hydrogen (secondary N) is 1. The van der Waals surface area contributed by atoms with E-state index >= 15 is 0 Å². The summed E-state index contributed by atoms with van der Waals surface area (Å²) in [6.07, 6.45) is 0. The third-order valence-corrected chi connectivity index (χ3v) is 3.26. The van der Waals surface area contributed by atoms with Gasteiger partial charge in [0.1, 0.15) is 17.3 Å². The normalized spacial score (nSPS) is 10.2. The Bertz CT molecular complexity index is 743. The van der Waals surface area contributed by atoms with Crippen LogP contribution in [0.3, 0.4) is 0 Å². The average Bonchev–Trinajstić information content (AvgIpc) is 2.55. The molecule has 128 valence electrons. The van der Waals surface area contributed by atoms with Gasteiger partial charge in [-0.25, -0.2) is 9.37 Å². The number of anilines is 3. The summed E-state index contributed by atoms with van der Waals surface area (Å²) < 4.78 is 24.4. The molecule has 8 heteroatoms. The van der Waals surface area contributed by atoms with Crippen LogP contribution in [0.15, 0.2) is 24.3 Å². The minimum Gasteiger partial charge on any atom is -0.497 e. The molecule has 0 aliphatic rings. The lowest BCUT2D eigenvalue weighted by atomic mass is 10.2. The van der Waals surface area contributed by atoms with Crippen LogP contribution in [0.1, 0.15) is 10.4 Å². The Labute approximate surface area is 139 Å². The Kier molecular flexibility index (Phi) is 5.08. The molecule has 0 saturated carbocycles. The van der Waals surface area contributed by atoms with Crippen molar-refractivity contribution in [3.05, 3.63) is 35.6 Å². The van der Waals surface area contributed by atoms with Gasteiger partial charge in [-0.3, -0.25) is 4.79 Å². The van der Waals surface area contributed by atoms with Crippen molar-refractivity contribution in [3.8, 4) is 11.5 Å². The van der Waals surface area contributed by atoms with Crippen LogP contribution in [0, 0.1) is 5.82 Å². The zero-order valence-corrected chi connectivity index (χ0v) is 13.9. The highest BCUT2D eigenvalue weighted by atomic mass is 19.1. The van der Waals surface area contributed by atoms with Crippen LogP contribution in [-0.2, 0) is 0 Å². The number of hydrogen-bond donors (Lipinski definition) is 2. The number of rotatable bonds is 6. The van der Waals surface area contributed by atoms with Crippen molar-refractivity contribution in [2.24, 2.45) is 5.73 Å². The standard InChI is InChI=1S/C16H19FN4O3/c1-21(2)16-13(17)8-12(14(18)22)15(20-16)19-9-5-10(23-3)7-11(6-9)24-4/h5-8H,1-4H3,(H2,18,22)(H,19,20). The molecule has 2 rings (SSSR count). The molecule has 0 aliphatic heterocycles. The van der Waals surface area contributed by atoms with Gasteiger partial charge < -0.3 is 25.4 Å². The van der Waals surface area contributed by atoms with E-state index < -0.39 is 11.7 Å². The highest BCUT2D eigenvalue weighted by molar-refractivity contribution is 5.98. The maximum Gasteiger partial charge on any atom is 0.252 e. The lowest BCUT2D eigenvalue weighted by Crippen LogP contribution is -2.19. The van der Waals surface area contributed by atoms with Gasteiger partial charge in [-0.15, -0.1) is 0 Å². The van der Waals surface area contributed by atoms with Gasteiger partial charge >= 0.3 is 0 Å². The van der Waals surface area contributed by atoms with E-state index in [1.807, 2.05) is 0 Å². The lowest BCUT2D eigenvalue weighted by Gasteiger charge is -2.17. The SMILES string of the molecule is COc1cc(Nc2nc(N(C)C)c(F)cc2C(N)=O)cc(OC)c1. The number of ether oxygens (including phenoxy) is 2. The summed E-state index contributed by atoms with van der Waals surface area (Å²) in [5.74, 6) is -0.105. The molecule has 0 unspecified atom stereocenters. The second-order valence-corrected chi connectivity index (χ2v) is 5.17. The first-order valence-corrected chi connectivity index (χ1v) is 7.03. The van der Waals surface area contributed by atoms with E-state index in [1.165, 1.54) is 19.1 Å². The van der Waals surface area contributed by atoms with Gasteiger partial charge in [-0.05, 0) is 6.07 Å². The number of amides is 1. The number of carbonyl (C=O) groups is 1. The minimum atomic E-state index is -0.788. The van der Waals surface area contributed by atoms with Gasteiger partial charge in [0.25, 0.3) is 5.91 Å².